The predicted octanol–water partition coefficient (Wildman–Crippen LogP) is 1.66. The molecule has 1 aromatic carbocycles. The van der Waals surface area contributed by atoms with Crippen molar-refractivity contribution in [2.45, 2.75) is 17.9 Å². The Morgan fingerprint density at radius 2 is 2.06 bits per heavy atom. The van der Waals surface area contributed by atoms with Gasteiger partial charge in [0.2, 0.25) is 10.0 Å². The monoisotopic (exact) mass is 293 g/mol. The van der Waals surface area contributed by atoms with Crippen molar-refractivity contribution in [2.24, 2.45) is 0 Å². The average Bonchev–Trinajstić information content (AvgIpc) is 2.28. The zero-order chi connectivity index (χ0) is 13.8. The Hall–Kier alpha value is -0.820. The van der Waals surface area contributed by atoms with Crippen LogP contribution in [0.3, 0.4) is 0 Å². The first-order valence-corrected chi connectivity index (χ1v) is 7.11. The highest BCUT2D eigenvalue weighted by molar-refractivity contribution is 7.89. The molecule has 0 amide bonds. The molecule has 1 aromatic rings. The summed E-state index contributed by atoms with van der Waals surface area (Å²) in [6.07, 6.45) is 0. The number of halogens is 1. The van der Waals surface area contributed by atoms with Crippen LogP contribution in [0.4, 0.5) is 0 Å². The quantitative estimate of drug-likeness (QED) is 0.866. The number of rotatable bonds is 6. The SMILES string of the molecule is COC[C@@H](C)NS(=O)(=O)c1cc(Cl)ccc1OC. The van der Waals surface area contributed by atoms with E-state index in [4.69, 9.17) is 21.1 Å². The molecule has 0 aliphatic carbocycles. The molecule has 102 valence electrons. The Bertz CT molecular complexity index is 504. The fourth-order valence-corrected chi connectivity index (χ4v) is 3.13. The van der Waals surface area contributed by atoms with Gasteiger partial charge in [-0.25, -0.2) is 13.1 Å². The smallest absolute Gasteiger partial charge is 0.244 e. The van der Waals surface area contributed by atoms with Crippen molar-refractivity contribution in [2.75, 3.05) is 20.8 Å². The molecule has 0 aromatic heterocycles. The lowest BCUT2D eigenvalue weighted by Gasteiger charge is -2.15. The summed E-state index contributed by atoms with van der Waals surface area (Å²) < 4.78 is 36.7. The molecule has 1 atom stereocenters. The van der Waals surface area contributed by atoms with E-state index in [0.29, 0.717) is 5.02 Å². The van der Waals surface area contributed by atoms with Crippen LogP contribution < -0.4 is 9.46 Å². The zero-order valence-corrected chi connectivity index (χ0v) is 12.0. The second-order valence-electron chi connectivity index (χ2n) is 3.77. The van der Waals surface area contributed by atoms with E-state index >= 15 is 0 Å². The van der Waals surface area contributed by atoms with E-state index in [1.54, 1.807) is 13.0 Å². The molecule has 7 heteroatoms. The second-order valence-corrected chi connectivity index (χ2v) is 5.89. The molecule has 0 saturated carbocycles. The van der Waals surface area contributed by atoms with Crippen molar-refractivity contribution in [3.8, 4) is 5.75 Å². The van der Waals surface area contributed by atoms with E-state index in [-0.39, 0.29) is 23.3 Å². The maximum atomic E-state index is 12.1. The average molecular weight is 294 g/mol. The van der Waals surface area contributed by atoms with Crippen LogP contribution in [0.5, 0.6) is 5.75 Å². The van der Waals surface area contributed by atoms with Gasteiger partial charge < -0.3 is 9.47 Å². The third-order valence-corrected chi connectivity index (χ3v) is 4.03. The second kappa shape index (κ2) is 6.38. The van der Waals surface area contributed by atoms with Gasteiger partial charge in [-0.3, -0.25) is 0 Å². The molecule has 0 bridgehead atoms. The summed E-state index contributed by atoms with van der Waals surface area (Å²) in [5.74, 6) is 0.247. The van der Waals surface area contributed by atoms with E-state index < -0.39 is 10.0 Å². The third kappa shape index (κ3) is 3.84. The third-order valence-electron chi connectivity index (χ3n) is 2.19. The Balaban J connectivity index is 3.07. The van der Waals surface area contributed by atoms with E-state index in [1.807, 2.05) is 0 Å². The number of benzene rings is 1. The topological polar surface area (TPSA) is 64.6 Å². The molecule has 18 heavy (non-hydrogen) atoms. The van der Waals surface area contributed by atoms with Gasteiger partial charge in [0, 0.05) is 18.2 Å². The molecular formula is C11H16ClNO4S. The van der Waals surface area contributed by atoms with Gasteiger partial charge in [-0.05, 0) is 25.1 Å². The van der Waals surface area contributed by atoms with Gasteiger partial charge in [0.05, 0.1) is 13.7 Å². The number of methoxy groups -OCH3 is 2. The summed E-state index contributed by atoms with van der Waals surface area (Å²) in [7, 11) is -0.778. The van der Waals surface area contributed by atoms with Gasteiger partial charge in [-0.1, -0.05) is 11.6 Å². The fraction of sp³-hybridized carbons (Fsp3) is 0.455. The number of ether oxygens (including phenoxy) is 2. The highest BCUT2D eigenvalue weighted by atomic mass is 35.5. The number of sulfonamides is 1. The maximum absolute atomic E-state index is 12.1. The van der Waals surface area contributed by atoms with Crippen LogP contribution in [0.2, 0.25) is 5.02 Å². The summed E-state index contributed by atoms with van der Waals surface area (Å²) in [5, 5.41) is 0.329. The number of nitrogens with one attached hydrogen (secondary N) is 1. The molecule has 1 rings (SSSR count). The van der Waals surface area contributed by atoms with E-state index in [2.05, 4.69) is 4.72 Å². The van der Waals surface area contributed by atoms with E-state index in [1.165, 1.54) is 26.4 Å². The Labute approximate surface area is 112 Å². The van der Waals surface area contributed by atoms with Crippen LogP contribution in [0.1, 0.15) is 6.92 Å². The summed E-state index contributed by atoms with van der Waals surface area (Å²) >= 11 is 5.81. The van der Waals surface area contributed by atoms with Crippen molar-refractivity contribution < 1.29 is 17.9 Å². The minimum Gasteiger partial charge on any atom is -0.495 e. The molecule has 0 spiro atoms. The van der Waals surface area contributed by atoms with Gasteiger partial charge in [0.1, 0.15) is 10.6 Å². The molecule has 0 heterocycles. The molecule has 0 aliphatic rings. The minimum atomic E-state index is -3.69. The normalized spacial score (nSPS) is 13.3. The minimum absolute atomic E-state index is 0.0143. The Kier molecular flexibility index (Phi) is 5.40. The van der Waals surface area contributed by atoms with Gasteiger partial charge in [0.25, 0.3) is 0 Å². The summed E-state index contributed by atoms with van der Waals surface area (Å²) in [6.45, 7) is 1.99. The fourth-order valence-electron chi connectivity index (χ4n) is 1.47. The van der Waals surface area contributed by atoms with Crippen LogP contribution >= 0.6 is 11.6 Å². The lowest BCUT2D eigenvalue weighted by atomic mass is 10.3. The first-order chi connectivity index (χ1) is 8.40. The standard InChI is InChI=1S/C11H16ClNO4S/c1-8(7-16-2)13-18(14,15)11-6-9(12)4-5-10(11)17-3/h4-6,8,13H,7H2,1-3H3/t8-/m1/s1. The summed E-state index contributed by atoms with van der Waals surface area (Å²) in [5.41, 5.74) is 0. The molecule has 0 aliphatic heterocycles. The van der Waals surface area contributed by atoms with Crippen LogP contribution in [0.25, 0.3) is 0 Å². The van der Waals surface area contributed by atoms with E-state index in [9.17, 15) is 8.42 Å². The van der Waals surface area contributed by atoms with Crippen LogP contribution in [-0.4, -0.2) is 35.3 Å². The largest absolute Gasteiger partial charge is 0.495 e. The van der Waals surface area contributed by atoms with Crippen molar-refractivity contribution in [3.05, 3.63) is 23.2 Å². The maximum Gasteiger partial charge on any atom is 0.244 e. The lowest BCUT2D eigenvalue weighted by Crippen LogP contribution is -2.35. The molecule has 0 fully saturated rings. The Morgan fingerprint density at radius 3 is 2.61 bits per heavy atom. The van der Waals surface area contributed by atoms with Gasteiger partial charge >= 0.3 is 0 Å². The molecule has 0 saturated heterocycles. The van der Waals surface area contributed by atoms with Crippen molar-refractivity contribution >= 4 is 21.6 Å². The van der Waals surface area contributed by atoms with E-state index in [0.717, 1.165) is 0 Å². The Morgan fingerprint density at radius 1 is 1.39 bits per heavy atom. The zero-order valence-electron chi connectivity index (χ0n) is 10.4. The number of hydrogen-bond acceptors (Lipinski definition) is 4. The molecular weight excluding hydrogens is 278 g/mol. The highest BCUT2D eigenvalue weighted by Crippen LogP contribution is 2.26. The summed E-state index contributed by atoms with van der Waals surface area (Å²) in [4.78, 5) is 0.0143. The van der Waals surface area contributed by atoms with Gasteiger partial charge in [-0.15, -0.1) is 0 Å². The molecule has 5 nitrogen and oxygen atoms in total. The lowest BCUT2D eigenvalue weighted by molar-refractivity contribution is 0.180. The number of hydrogen-bond donors (Lipinski definition) is 1. The first-order valence-electron chi connectivity index (χ1n) is 5.25. The molecule has 0 unspecified atom stereocenters. The van der Waals surface area contributed by atoms with Crippen molar-refractivity contribution in [1.29, 1.82) is 0 Å². The van der Waals surface area contributed by atoms with Crippen molar-refractivity contribution in [1.82, 2.24) is 4.72 Å². The van der Waals surface area contributed by atoms with Crippen LogP contribution in [-0.2, 0) is 14.8 Å². The summed E-state index contributed by atoms with van der Waals surface area (Å²) in [6, 6.07) is 4.08. The van der Waals surface area contributed by atoms with Gasteiger partial charge in [-0.2, -0.15) is 0 Å². The molecule has 0 radical (unpaired) electrons. The van der Waals surface area contributed by atoms with Crippen LogP contribution in [0.15, 0.2) is 23.1 Å². The highest BCUT2D eigenvalue weighted by Gasteiger charge is 2.22. The van der Waals surface area contributed by atoms with Gasteiger partial charge in [0.15, 0.2) is 0 Å². The van der Waals surface area contributed by atoms with Crippen LogP contribution in [0, 0.1) is 0 Å². The molecule has 1 N–H and O–H groups in total. The van der Waals surface area contributed by atoms with Crippen molar-refractivity contribution in [3.63, 3.8) is 0 Å². The predicted molar refractivity (Wildman–Crippen MR) is 69.7 cm³/mol. The first kappa shape index (κ1) is 15.2.